The molecule has 2 heterocycles. The van der Waals surface area contributed by atoms with Gasteiger partial charge >= 0.3 is 0 Å². The Morgan fingerprint density at radius 1 is 1.21 bits per heavy atom. The van der Waals surface area contributed by atoms with Gasteiger partial charge < -0.3 is 4.90 Å². The molecule has 1 aliphatic heterocycles. The van der Waals surface area contributed by atoms with Crippen LogP contribution in [0.4, 0.5) is 0 Å². The Morgan fingerprint density at radius 2 is 1.96 bits per heavy atom. The van der Waals surface area contributed by atoms with Crippen molar-refractivity contribution in [1.82, 2.24) is 19.4 Å². The minimum atomic E-state index is 0.0846. The van der Waals surface area contributed by atoms with Gasteiger partial charge in [-0.1, -0.05) is 53.9 Å². The van der Waals surface area contributed by atoms with Gasteiger partial charge in [0.2, 0.25) is 0 Å². The SMILES string of the molecule is CCc1nnsc1C(=O)N1CCN(C/C=C/c2ccccc2)CC1. The third kappa shape index (κ3) is 4.07. The molecule has 0 saturated carbocycles. The first kappa shape index (κ1) is 16.8. The van der Waals surface area contributed by atoms with Crippen molar-refractivity contribution in [1.29, 1.82) is 0 Å². The van der Waals surface area contributed by atoms with Gasteiger partial charge in [0.15, 0.2) is 0 Å². The summed E-state index contributed by atoms with van der Waals surface area (Å²) in [6, 6.07) is 10.3. The number of rotatable bonds is 5. The lowest BCUT2D eigenvalue weighted by Gasteiger charge is -2.33. The van der Waals surface area contributed by atoms with Crippen molar-refractivity contribution in [2.75, 3.05) is 32.7 Å². The summed E-state index contributed by atoms with van der Waals surface area (Å²) in [5.41, 5.74) is 2.04. The van der Waals surface area contributed by atoms with E-state index in [-0.39, 0.29) is 5.91 Å². The molecule has 1 aromatic carbocycles. The fourth-order valence-corrected chi connectivity index (χ4v) is 3.50. The zero-order valence-corrected chi connectivity index (χ0v) is 14.7. The second-order valence-corrected chi connectivity index (χ2v) is 6.56. The lowest BCUT2D eigenvalue weighted by Crippen LogP contribution is -2.48. The van der Waals surface area contributed by atoms with Gasteiger partial charge in [-0.2, -0.15) is 0 Å². The molecule has 126 valence electrons. The van der Waals surface area contributed by atoms with E-state index >= 15 is 0 Å². The first-order valence-electron chi connectivity index (χ1n) is 8.32. The first-order valence-corrected chi connectivity index (χ1v) is 9.09. The third-order valence-electron chi connectivity index (χ3n) is 4.22. The normalized spacial score (nSPS) is 16.0. The molecular formula is C18H22N4OS. The van der Waals surface area contributed by atoms with Crippen LogP contribution in [0.25, 0.3) is 6.08 Å². The Morgan fingerprint density at radius 3 is 2.67 bits per heavy atom. The van der Waals surface area contributed by atoms with E-state index in [0.717, 1.165) is 44.8 Å². The van der Waals surface area contributed by atoms with Crippen molar-refractivity contribution in [3.63, 3.8) is 0 Å². The maximum absolute atomic E-state index is 12.6. The zero-order chi connectivity index (χ0) is 16.8. The summed E-state index contributed by atoms with van der Waals surface area (Å²) in [6.07, 6.45) is 5.09. The summed E-state index contributed by atoms with van der Waals surface area (Å²) in [6.45, 7) is 6.25. The number of carbonyl (C=O) groups is 1. The van der Waals surface area contributed by atoms with Crippen molar-refractivity contribution >= 4 is 23.5 Å². The lowest BCUT2D eigenvalue weighted by molar-refractivity contribution is 0.0654. The van der Waals surface area contributed by atoms with Crippen LogP contribution in [0.2, 0.25) is 0 Å². The smallest absolute Gasteiger partial charge is 0.267 e. The van der Waals surface area contributed by atoms with Crippen LogP contribution in [0, 0.1) is 0 Å². The predicted octanol–water partition coefficient (Wildman–Crippen LogP) is 2.57. The largest absolute Gasteiger partial charge is 0.335 e. The first-order chi connectivity index (χ1) is 11.8. The Kier molecular flexibility index (Phi) is 5.72. The zero-order valence-electron chi connectivity index (χ0n) is 13.9. The van der Waals surface area contributed by atoms with Crippen LogP contribution in [0.5, 0.6) is 0 Å². The molecule has 0 N–H and O–H groups in total. The Bertz CT molecular complexity index is 690. The number of nitrogens with zero attached hydrogens (tertiary/aromatic N) is 4. The second kappa shape index (κ2) is 8.17. The van der Waals surface area contributed by atoms with E-state index in [2.05, 4.69) is 38.8 Å². The average Bonchev–Trinajstić information content (AvgIpc) is 3.11. The summed E-state index contributed by atoms with van der Waals surface area (Å²) in [7, 11) is 0. The van der Waals surface area contributed by atoms with Crippen LogP contribution in [-0.2, 0) is 6.42 Å². The predicted molar refractivity (Wildman–Crippen MR) is 97.1 cm³/mol. The van der Waals surface area contributed by atoms with Crippen LogP contribution >= 0.6 is 11.5 Å². The van der Waals surface area contributed by atoms with Gasteiger partial charge in [0.1, 0.15) is 4.88 Å². The van der Waals surface area contributed by atoms with Gasteiger partial charge in [-0.25, -0.2) is 0 Å². The molecule has 0 bridgehead atoms. The van der Waals surface area contributed by atoms with Crippen molar-refractivity contribution in [2.24, 2.45) is 0 Å². The highest BCUT2D eigenvalue weighted by Crippen LogP contribution is 2.16. The maximum atomic E-state index is 12.6. The van der Waals surface area contributed by atoms with Gasteiger partial charge in [-0.3, -0.25) is 9.69 Å². The molecule has 1 amide bonds. The van der Waals surface area contributed by atoms with Gasteiger partial charge in [0.05, 0.1) is 5.69 Å². The summed E-state index contributed by atoms with van der Waals surface area (Å²) in [5, 5.41) is 4.04. The van der Waals surface area contributed by atoms with Gasteiger partial charge in [0.25, 0.3) is 5.91 Å². The molecule has 0 atom stereocenters. The van der Waals surface area contributed by atoms with Crippen molar-refractivity contribution in [2.45, 2.75) is 13.3 Å². The number of piperazine rings is 1. The van der Waals surface area contributed by atoms with Crippen LogP contribution in [0.3, 0.4) is 0 Å². The van der Waals surface area contributed by atoms with Crippen LogP contribution in [-0.4, -0.2) is 58.0 Å². The third-order valence-corrected chi connectivity index (χ3v) is 4.97. The fraction of sp³-hybridized carbons (Fsp3) is 0.389. The maximum Gasteiger partial charge on any atom is 0.267 e. The van der Waals surface area contributed by atoms with E-state index in [1.54, 1.807) is 0 Å². The Hall–Kier alpha value is -2.05. The Balaban J connectivity index is 1.49. The lowest BCUT2D eigenvalue weighted by atomic mass is 10.2. The summed E-state index contributed by atoms with van der Waals surface area (Å²) in [5.74, 6) is 0.0846. The highest BCUT2D eigenvalue weighted by molar-refractivity contribution is 7.08. The van der Waals surface area contributed by atoms with E-state index in [0.29, 0.717) is 4.88 Å². The molecule has 0 spiro atoms. The molecule has 1 fully saturated rings. The summed E-state index contributed by atoms with van der Waals surface area (Å²) >= 11 is 1.21. The van der Waals surface area contributed by atoms with Crippen LogP contribution in [0.15, 0.2) is 36.4 Å². The number of benzene rings is 1. The molecule has 24 heavy (non-hydrogen) atoms. The molecule has 1 aromatic heterocycles. The monoisotopic (exact) mass is 342 g/mol. The molecule has 0 unspecified atom stereocenters. The van der Waals surface area contributed by atoms with E-state index < -0.39 is 0 Å². The Labute approximate surface area is 146 Å². The summed E-state index contributed by atoms with van der Waals surface area (Å²) in [4.78, 5) is 17.6. The van der Waals surface area contributed by atoms with E-state index in [1.807, 2.05) is 30.0 Å². The topological polar surface area (TPSA) is 49.3 Å². The highest BCUT2D eigenvalue weighted by Gasteiger charge is 2.25. The molecule has 3 rings (SSSR count). The second-order valence-electron chi connectivity index (χ2n) is 5.81. The molecule has 0 aliphatic carbocycles. The molecule has 1 aliphatic rings. The molecule has 6 heteroatoms. The highest BCUT2D eigenvalue weighted by atomic mass is 32.1. The number of hydrogen-bond acceptors (Lipinski definition) is 5. The number of carbonyl (C=O) groups excluding carboxylic acids is 1. The summed E-state index contributed by atoms with van der Waals surface area (Å²) < 4.78 is 3.92. The van der Waals surface area contributed by atoms with Crippen molar-refractivity contribution < 1.29 is 4.79 Å². The van der Waals surface area contributed by atoms with Gasteiger partial charge in [-0.05, 0) is 23.5 Å². The van der Waals surface area contributed by atoms with E-state index in [4.69, 9.17) is 0 Å². The quantitative estimate of drug-likeness (QED) is 0.838. The fourth-order valence-electron chi connectivity index (χ4n) is 2.78. The minimum absolute atomic E-state index is 0.0846. The average molecular weight is 342 g/mol. The molecule has 5 nitrogen and oxygen atoms in total. The number of aromatic nitrogens is 2. The number of hydrogen-bond donors (Lipinski definition) is 0. The minimum Gasteiger partial charge on any atom is -0.335 e. The molecule has 0 radical (unpaired) electrons. The van der Waals surface area contributed by atoms with E-state index in [1.165, 1.54) is 17.1 Å². The van der Waals surface area contributed by atoms with Crippen LogP contribution < -0.4 is 0 Å². The molecule has 2 aromatic rings. The molecule has 1 saturated heterocycles. The number of aryl methyl sites for hydroxylation is 1. The van der Waals surface area contributed by atoms with Gasteiger partial charge in [0, 0.05) is 32.7 Å². The van der Waals surface area contributed by atoms with E-state index in [9.17, 15) is 4.79 Å². The van der Waals surface area contributed by atoms with Crippen molar-refractivity contribution in [3.05, 3.63) is 52.5 Å². The number of amides is 1. The van der Waals surface area contributed by atoms with Crippen molar-refractivity contribution in [3.8, 4) is 0 Å². The standard InChI is InChI=1S/C18H22N4OS/c1-2-16-17(24-20-19-16)18(23)22-13-11-21(12-14-22)10-6-9-15-7-4-3-5-8-15/h3-9H,2,10-14H2,1H3/b9-6+. The van der Waals surface area contributed by atoms with Gasteiger partial charge in [-0.15, -0.1) is 5.10 Å². The molecular weight excluding hydrogens is 320 g/mol. The van der Waals surface area contributed by atoms with Crippen LogP contribution in [0.1, 0.15) is 27.9 Å².